The van der Waals surface area contributed by atoms with Gasteiger partial charge in [0.15, 0.2) is 0 Å². The molecule has 0 radical (unpaired) electrons. The molecular weight excluding hydrogens is 206 g/mol. The molecule has 0 saturated heterocycles. The van der Waals surface area contributed by atoms with Crippen molar-refractivity contribution in [2.24, 2.45) is 0 Å². The van der Waals surface area contributed by atoms with E-state index in [9.17, 15) is 0 Å². The van der Waals surface area contributed by atoms with Gasteiger partial charge in [0.1, 0.15) is 0 Å². The molecule has 1 nitrogen and oxygen atoms in total. The van der Waals surface area contributed by atoms with Crippen molar-refractivity contribution in [1.29, 1.82) is 0 Å². The first-order chi connectivity index (χ1) is 8.43. The zero-order chi connectivity index (χ0) is 12.2. The van der Waals surface area contributed by atoms with E-state index in [0.717, 1.165) is 0 Å². The summed E-state index contributed by atoms with van der Waals surface area (Å²) in [4.78, 5) is 0. The van der Waals surface area contributed by atoms with Crippen LogP contribution in [0.2, 0.25) is 0 Å². The topological polar surface area (TPSA) is 12.0 Å². The van der Waals surface area contributed by atoms with E-state index in [2.05, 4.69) is 18.3 Å². The number of hydrogen-bond donors (Lipinski definition) is 1. The highest BCUT2D eigenvalue weighted by atomic mass is 14.8. The van der Waals surface area contributed by atoms with Gasteiger partial charge >= 0.3 is 0 Å². The van der Waals surface area contributed by atoms with Crippen LogP contribution >= 0.6 is 0 Å². The molecule has 0 aliphatic heterocycles. The predicted octanol–water partition coefficient (Wildman–Crippen LogP) is 4.83. The van der Waals surface area contributed by atoms with Gasteiger partial charge in [-0.1, -0.05) is 63.5 Å². The normalized spacial score (nSPS) is 14.1. The molecule has 0 spiro atoms. The molecule has 1 N–H and O–H groups in total. The maximum atomic E-state index is 3.54. The highest BCUT2D eigenvalue weighted by Gasteiger charge is 2.08. The molecule has 1 heteroatoms. The lowest BCUT2D eigenvalue weighted by molar-refractivity contribution is 0.556. The van der Waals surface area contributed by atoms with Gasteiger partial charge < -0.3 is 5.32 Å². The standard InChI is InChI=1S/C16H31N/c1-2-3-4-5-6-7-8-9-14-17-15-10-11-16-12-13-16/h11,17H,2-10,12-15H2,1H3. The summed E-state index contributed by atoms with van der Waals surface area (Å²) in [7, 11) is 0. The second kappa shape index (κ2) is 10.8. The van der Waals surface area contributed by atoms with Gasteiger partial charge in [-0.25, -0.2) is 0 Å². The Morgan fingerprint density at radius 1 is 0.882 bits per heavy atom. The zero-order valence-electron chi connectivity index (χ0n) is 11.8. The molecule has 0 aromatic heterocycles. The second-order valence-electron chi connectivity index (χ2n) is 5.38. The Hall–Kier alpha value is -0.300. The van der Waals surface area contributed by atoms with Crippen molar-refractivity contribution in [3.63, 3.8) is 0 Å². The molecule has 1 rings (SSSR count). The Bertz CT molecular complexity index is 190. The minimum atomic E-state index is 1.18. The highest BCUT2D eigenvalue weighted by Crippen LogP contribution is 2.27. The van der Waals surface area contributed by atoms with Gasteiger partial charge in [-0.3, -0.25) is 0 Å². The molecule has 0 unspecified atom stereocenters. The fourth-order valence-corrected chi connectivity index (χ4v) is 2.16. The van der Waals surface area contributed by atoms with Crippen LogP contribution in [0.3, 0.4) is 0 Å². The maximum absolute atomic E-state index is 3.54. The van der Waals surface area contributed by atoms with Crippen LogP contribution < -0.4 is 5.32 Å². The predicted molar refractivity (Wildman–Crippen MR) is 77.4 cm³/mol. The molecule has 17 heavy (non-hydrogen) atoms. The van der Waals surface area contributed by atoms with Crippen LogP contribution in [0.1, 0.15) is 77.6 Å². The van der Waals surface area contributed by atoms with Gasteiger partial charge in [0.05, 0.1) is 0 Å². The lowest BCUT2D eigenvalue weighted by Crippen LogP contribution is -2.15. The van der Waals surface area contributed by atoms with Crippen molar-refractivity contribution in [1.82, 2.24) is 5.32 Å². The Morgan fingerprint density at radius 2 is 1.53 bits per heavy atom. The van der Waals surface area contributed by atoms with E-state index in [1.54, 1.807) is 5.57 Å². The van der Waals surface area contributed by atoms with E-state index in [-0.39, 0.29) is 0 Å². The van der Waals surface area contributed by atoms with Crippen molar-refractivity contribution in [3.05, 3.63) is 11.6 Å². The first-order valence-electron chi connectivity index (χ1n) is 7.82. The number of nitrogens with one attached hydrogen (secondary N) is 1. The number of rotatable bonds is 12. The molecule has 1 fully saturated rings. The molecule has 1 aliphatic carbocycles. The third kappa shape index (κ3) is 10.6. The fraction of sp³-hybridized carbons (Fsp3) is 0.875. The van der Waals surface area contributed by atoms with E-state index in [0.29, 0.717) is 0 Å². The zero-order valence-corrected chi connectivity index (χ0v) is 11.8. The summed E-state index contributed by atoms with van der Waals surface area (Å²) in [6.07, 6.45) is 17.8. The summed E-state index contributed by atoms with van der Waals surface area (Å²) >= 11 is 0. The maximum Gasteiger partial charge on any atom is -0.00142 e. The van der Waals surface area contributed by atoms with E-state index in [1.807, 2.05) is 0 Å². The summed E-state index contributed by atoms with van der Waals surface area (Å²) in [5.74, 6) is 0. The van der Waals surface area contributed by atoms with Gasteiger partial charge in [-0.2, -0.15) is 0 Å². The Morgan fingerprint density at radius 3 is 2.18 bits per heavy atom. The average Bonchev–Trinajstić information content (AvgIpc) is 3.15. The first-order valence-corrected chi connectivity index (χ1v) is 7.82. The summed E-state index contributed by atoms with van der Waals surface area (Å²) in [6, 6.07) is 0. The SMILES string of the molecule is CCCCCCCCCCNCCC=C1CC1. The molecule has 100 valence electrons. The largest absolute Gasteiger partial charge is 0.316 e. The summed E-state index contributed by atoms with van der Waals surface area (Å²) in [6.45, 7) is 4.68. The molecule has 0 aromatic rings. The van der Waals surface area contributed by atoms with Crippen molar-refractivity contribution < 1.29 is 0 Å². The van der Waals surface area contributed by atoms with Crippen LogP contribution in [0.5, 0.6) is 0 Å². The van der Waals surface area contributed by atoms with E-state index < -0.39 is 0 Å². The van der Waals surface area contributed by atoms with E-state index in [1.165, 1.54) is 83.7 Å². The van der Waals surface area contributed by atoms with Crippen LogP contribution in [-0.2, 0) is 0 Å². The minimum Gasteiger partial charge on any atom is -0.316 e. The third-order valence-corrected chi connectivity index (χ3v) is 3.50. The monoisotopic (exact) mass is 237 g/mol. The van der Waals surface area contributed by atoms with Crippen molar-refractivity contribution in [3.8, 4) is 0 Å². The molecule has 0 aromatic carbocycles. The lowest BCUT2D eigenvalue weighted by Gasteiger charge is -2.03. The van der Waals surface area contributed by atoms with Gasteiger partial charge in [-0.15, -0.1) is 0 Å². The van der Waals surface area contributed by atoms with E-state index >= 15 is 0 Å². The average molecular weight is 237 g/mol. The number of unbranched alkanes of at least 4 members (excludes halogenated alkanes) is 7. The Kier molecular flexibility index (Phi) is 9.40. The van der Waals surface area contributed by atoms with Gasteiger partial charge in [0.2, 0.25) is 0 Å². The van der Waals surface area contributed by atoms with Crippen molar-refractivity contribution in [2.75, 3.05) is 13.1 Å². The molecule has 0 atom stereocenters. The van der Waals surface area contributed by atoms with Crippen molar-refractivity contribution >= 4 is 0 Å². The molecule has 0 bridgehead atoms. The Balaban J connectivity index is 1.65. The molecule has 0 amide bonds. The van der Waals surface area contributed by atoms with Crippen LogP contribution in [-0.4, -0.2) is 13.1 Å². The first kappa shape index (κ1) is 14.8. The molecule has 1 aliphatic rings. The van der Waals surface area contributed by atoms with Gasteiger partial charge in [0.25, 0.3) is 0 Å². The summed E-state index contributed by atoms with van der Waals surface area (Å²) < 4.78 is 0. The minimum absolute atomic E-state index is 1.18. The Labute approximate surface area is 108 Å². The highest BCUT2D eigenvalue weighted by molar-refractivity contribution is 5.15. The lowest BCUT2D eigenvalue weighted by atomic mass is 10.1. The van der Waals surface area contributed by atoms with Gasteiger partial charge in [0, 0.05) is 0 Å². The van der Waals surface area contributed by atoms with E-state index in [4.69, 9.17) is 0 Å². The summed E-state index contributed by atoms with van der Waals surface area (Å²) in [5, 5.41) is 3.54. The van der Waals surface area contributed by atoms with Gasteiger partial charge in [-0.05, 0) is 38.8 Å². The van der Waals surface area contributed by atoms with Crippen LogP contribution in [0.15, 0.2) is 11.6 Å². The number of allylic oxidation sites excluding steroid dienone is 1. The second-order valence-corrected chi connectivity index (χ2v) is 5.38. The smallest absolute Gasteiger partial charge is 0.00142 e. The third-order valence-electron chi connectivity index (χ3n) is 3.50. The summed E-state index contributed by atoms with van der Waals surface area (Å²) in [5.41, 5.74) is 1.68. The fourth-order valence-electron chi connectivity index (χ4n) is 2.16. The van der Waals surface area contributed by atoms with Crippen LogP contribution in [0, 0.1) is 0 Å². The molecule has 0 heterocycles. The molecular formula is C16H31N. The quantitative estimate of drug-likeness (QED) is 0.379. The molecule has 1 saturated carbocycles. The number of hydrogen-bond acceptors (Lipinski definition) is 1. The van der Waals surface area contributed by atoms with Crippen molar-refractivity contribution in [2.45, 2.75) is 77.6 Å². The van der Waals surface area contributed by atoms with Crippen LogP contribution in [0.4, 0.5) is 0 Å². The van der Waals surface area contributed by atoms with Crippen LogP contribution in [0.25, 0.3) is 0 Å².